The summed E-state index contributed by atoms with van der Waals surface area (Å²) in [6, 6.07) is 7.73. The number of nitrogens with one attached hydrogen (secondary N) is 1. The molecule has 0 saturated heterocycles. The molecule has 0 aliphatic heterocycles. The number of para-hydroxylation sites is 1. The fourth-order valence-corrected chi connectivity index (χ4v) is 3.93. The monoisotopic (exact) mass is 408 g/mol. The molecule has 0 aromatic heterocycles. The molecule has 0 fully saturated rings. The van der Waals surface area contributed by atoms with Crippen LogP contribution in [0.25, 0.3) is 0 Å². The molecule has 0 saturated carbocycles. The van der Waals surface area contributed by atoms with Crippen molar-refractivity contribution < 1.29 is 23.6 Å². The number of nitro benzene ring substituents is 1. The molecule has 150 valence electrons. The van der Waals surface area contributed by atoms with Gasteiger partial charge in [0.25, 0.3) is 5.69 Å². The van der Waals surface area contributed by atoms with Crippen molar-refractivity contribution in [2.24, 2.45) is 5.10 Å². The van der Waals surface area contributed by atoms with E-state index in [0.717, 1.165) is 6.07 Å². The number of hydrazone groups is 1. The summed E-state index contributed by atoms with van der Waals surface area (Å²) >= 11 is 0. The van der Waals surface area contributed by atoms with Gasteiger partial charge in [0.2, 0.25) is 10.0 Å². The van der Waals surface area contributed by atoms with E-state index >= 15 is 0 Å². The standard InChI is InChI=1S/C17H20N4O6S/c1-3-20(4-2)28(26,27)13-8-9-14(15(10-13)21(24)25)19-18-11-12-6-5-7-16(22)17(12)23/h5-11,19,22-23H,3-4H2,1-2H3/b18-11+. The Hall–Kier alpha value is -3.18. The SMILES string of the molecule is CCN(CC)S(=O)(=O)c1ccc(N/N=C/c2cccc(O)c2O)c([N+](=O)[O-])c1. The molecule has 3 N–H and O–H groups in total. The third kappa shape index (κ3) is 4.38. The van der Waals surface area contributed by atoms with Crippen LogP contribution in [0.1, 0.15) is 19.4 Å². The van der Waals surface area contributed by atoms with Crippen LogP contribution in [0.4, 0.5) is 11.4 Å². The van der Waals surface area contributed by atoms with Gasteiger partial charge in [0.1, 0.15) is 5.69 Å². The van der Waals surface area contributed by atoms with Crippen LogP contribution >= 0.6 is 0 Å². The van der Waals surface area contributed by atoms with Crippen molar-refractivity contribution in [3.63, 3.8) is 0 Å². The highest BCUT2D eigenvalue weighted by Crippen LogP contribution is 2.30. The minimum Gasteiger partial charge on any atom is -0.504 e. The van der Waals surface area contributed by atoms with Gasteiger partial charge in [-0.1, -0.05) is 19.9 Å². The smallest absolute Gasteiger partial charge is 0.295 e. The Kier molecular flexibility index (Phi) is 6.54. The van der Waals surface area contributed by atoms with Gasteiger partial charge in [-0.2, -0.15) is 9.41 Å². The second-order valence-corrected chi connectivity index (χ2v) is 7.55. The summed E-state index contributed by atoms with van der Waals surface area (Å²) in [5, 5.41) is 34.3. The largest absolute Gasteiger partial charge is 0.504 e. The van der Waals surface area contributed by atoms with E-state index in [9.17, 15) is 28.7 Å². The van der Waals surface area contributed by atoms with Crippen LogP contribution < -0.4 is 5.43 Å². The van der Waals surface area contributed by atoms with Crippen molar-refractivity contribution in [3.05, 3.63) is 52.1 Å². The van der Waals surface area contributed by atoms with E-state index in [1.807, 2.05) is 0 Å². The van der Waals surface area contributed by atoms with Crippen LogP contribution in [-0.4, -0.2) is 47.2 Å². The molecule has 0 aliphatic rings. The normalized spacial score (nSPS) is 11.8. The van der Waals surface area contributed by atoms with Crippen LogP contribution in [0.2, 0.25) is 0 Å². The van der Waals surface area contributed by atoms with Crippen molar-refractivity contribution in [2.45, 2.75) is 18.7 Å². The topological polar surface area (TPSA) is 145 Å². The molecule has 11 heteroatoms. The average Bonchev–Trinajstić information content (AvgIpc) is 2.65. The molecule has 10 nitrogen and oxygen atoms in total. The molecule has 0 heterocycles. The van der Waals surface area contributed by atoms with Crippen molar-refractivity contribution >= 4 is 27.6 Å². The first-order chi connectivity index (χ1) is 13.2. The lowest BCUT2D eigenvalue weighted by Crippen LogP contribution is -2.30. The lowest BCUT2D eigenvalue weighted by molar-refractivity contribution is -0.384. The highest BCUT2D eigenvalue weighted by atomic mass is 32.2. The molecule has 0 spiro atoms. The van der Waals surface area contributed by atoms with Crippen molar-refractivity contribution in [1.29, 1.82) is 0 Å². The Morgan fingerprint density at radius 2 is 1.89 bits per heavy atom. The van der Waals surface area contributed by atoms with Gasteiger partial charge in [0.05, 0.1) is 16.0 Å². The Balaban J connectivity index is 2.35. The molecule has 2 aromatic carbocycles. The van der Waals surface area contributed by atoms with E-state index in [1.54, 1.807) is 13.8 Å². The molecule has 2 aromatic rings. The Bertz CT molecular complexity index is 1000. The van der Waals surface area contributed by atoms with Crippen LogP contribution in [0, 0.1) is 10.1 Å². The number of phenolic OH excluding ortho intramolecular Hbond substituents is 2. The van der Waals surface area contributed by atoms with Crippen molar-refractivity contribution in [1.82, 2.24) is 4.31 Å². The summed E-state index contributed by atoms with van der Waals surface area (Å²) in [7, 11) is -3.85. The fraction of sp³-hybridized carbons (Fsp3) is 0.235. The number of rotatable bonds is 8. The molecule has 0 amide bonds. The maximum Gasteiger partial charge on any atom is 0.295 e. The van der Waals surface area contributed by atoms with Gasteiger partial charge in [-0.25, -0.2) is 8.42 Å². The number of anilines is 1. The first kappa shape index (κ1) is 21.1. The van der Waals surface area contributed by atoms with Gasteiger partial charge in [-0.05, 0) is 24.3 Å². The third-order valence-electron chi connectivity index (χ3n) is 3.94. The van der Waals surface area contributed by atoms with Crippen LogP contribution in [0.3, 0.4) is 0 Å². The Morgan fingerprint density at radius 1 is 1.21 bits per heavy atom. The molecule has 0 aliphatic carbocycles. The highest BCUT2D eigenvalue weighted by molar-refractivity contribution is 7.89. The first-order valence-corrected chi connectivity index (χ1v) is 9.75. The molecule has 0 bridgehead atoms. The lowest BCUT2D eigenvalue weighted by Gasteiger charge is -2.18. The summed E-state index contributed by atoms with van der Waals surface area (Å²) in [5.41, 5.74) is 2.15. The first-order valence-electron chi connectivity index (χ1n) is 8.31. The second kappa shape index (κ2) is 8.67. The number of hydrogen-bond acceptors (Lipinski definition) is 8. The molecule has 0 unspecified atom stereocenters. The number of phenols is 2. The van der Waals surface area contributed by atoms with Gasteiger partial charge in [0.15, 0.2) is 11.5 Å². The molecule has 28 heavy (non-hydrogen) atoms. The van der Waals surface area contributed by atoms with Gasteiger partial charge in [-0.15, -0.1) is 0 Å². The van der Waals surface area contributed by atoms with Gasteiger partial charge < -0.3 is 10.2 Å². The van der Waals surface area contributed by atoms with Crippen molar-refractivity contribution in [2.75, 3.05) is 18.5 Å². The predicted molar refractivity (Wildman–Crippen MR) is 104 cm³/mol. The van der Waals surface area contributed by atoms with Gasteiger partial charge in [0, 0.05) is 24.7 Å². The maximum atomic E-state index is 12.6. The third-order valence-corrected chi connectivity index (χ3v) is 5.99. The number of nitro groups is 1. The lowest BCUT2D eigenvalue weighted by atomic mass is 10.2. The predicted octanol–water partition coefficient (Wildman–Crippen LogP) is 2.48. The summed E-state index contributed by atoms with van der Waals surface area (Å²) in [4.78, 5) is 10.5. The molecule has 2 rings (SSSR count). The number of aromatic hydroxyl groups is 2. The number of benzene rings is 2. The quantitative estimate of drug-likeness (QED) is 0.263. The number of hydrogen-bond donors (Lipinski definition) is 3. The maximum absolute atomic E-state index is 12.6. The summed E-state index contributed by atoms with van der Waals surface area (Å²) in [5.74, 6) is -0.718. The van der Waals surface area contributed by atoms with Crippen LogP contribution in [-0.2, 0) is 10.0 Å². The minimum atomic E-state index is -3.85. The van der Waals surface area contributed by atoms with Gasteiger partial charge >= 0.3 is 0 Å². The second-order valence-electron chi connectivity index (χ2n) is 5.61. The molecular formula is C17H20N4O6S. The van der Waals surface area contributed by atoms with Gasteiger partial charge in [-0.3, -0.25) is 15.5 Å². The molecule has 0 radical (unpaired) electrons. The van der Waals surface area contributed by atoms with E-state index in [4.69, 9.17) is 0 Å². The summed E-state index contributed by atoms with van der Waals surface area (Å²) in [6.45, 7) is 3.84. The van der Waals surface area contributed by atoms with E-state index in [2.05, 4.69) is 10.5 Å². The van der Waals surface area contributed by atoms with E-state index in [0.29, 0.717) is 0 Å². The van der Waals surface area contributed by atoms with Crippen LogP contribution in [0.15, 0.2) is 46.4 Å². The Labute approximate surface area is 161 Å². The zero-order valence-corrected chi connectivity index (χ0v) is 16.0. The van der Waals surface area contributed by atoms with Crippen molar-refractivity contribution in [3.8, 4) is 11.5 Å². The average molecular weight is 408 g/mol. The number of sulfonamides is 1. The van der Waals surface area contributed by atoms with E-state index < -0.39 is 20.6 Å². The van der Waals surface area contributed by atoms with Crippen LogP contribution in [0.5, 0.6) is 11.5 Å². The molecular weight excluding hydrogens is 388 g/mol. The number of nitrogens with zero attached hydrogens (tertiary/aromatic N) is 3. The minimum absolute atomic E-state index is 0.0283. The zero-order chi connectivity index (χ0) is 20.9. The summed E-state index contributed by atoms with van der Waals surface area (Å²) in [6.07, 6.45) is 1.17. The summed E-state index contributed by atoms with van der Waals surface area (Å²) < 4.78 is 26.3. The van der Waals surface area contributed by atoms with E-state index in [-0.39, 0.29) is 40.7 Å². The molecule has 0 atom stereocenters. The van der Waals surface area contributed by atoms with E-state index in [1.165, 1.54) is 40.9 Å². The zero-order valence-electron chi connectivity index (χ0n) is 15.2. The fourth-order valence-electron chi connectivity index (χ4n) is 2.45. The highest BCUT2D eigenvalue weighted by Gasteiger charge is 2.25. The Morgan fingerprint density at radius 3 is 2.50 bits per heavy atom.